The number of ether oxygens (including phenoxy) is 1. The Labute approximate surface area is 101 Å². The van der Waals surface area contributed by atoms with Gasteiger partial charge in [0, 0.05) is 6.54 Å². The van der Waals surface area contributed by atoms with Gasteiger partial charge < -0.3 is 9.84 Å². The Morgan fingerprint density at radius 3 is 2.35 bits per heavy atom. The second-order valence-corrected chi connectivity index (χ2v) is 4.60. The normalized spacial score (nSPS) is 12.4. The van der Waals surface area contributed by atoms with Gasteiger partial charge in [-0.25, -0.2) is 9.59 Å². The van der Waals surface area contributed by atoms with Crippen molar-refractivity contribution in [2.24, 2.45) is 0 Å². The molecule has 1 amide bonds. The molecule has 0 rings (SSSR count). The third-order valence-electron chi connectivity index (χ3n) is 1.92. The second-order valence-electron chi connectivity index (χ2n) is 4.60. The number of aliphatic carboxylic acids is 1. The van der Waals surface area contributed by atoms with Crippen LogP contribution < -0.4 is 0 Å². The first-order chi connectivity index (χ1) is 7.69. The molecule has 0 aliphatic rings. The number of rotatable bonds is 4. The van der Waals surface area contributed by atoms with E-state index in [-0.39, 0.29) is 13.0 Å². The summed E-state index contributed by atoms with van der Waals surface area (Å²) < 4.78 is 5.08. The van der Waals surface area contributed by atoms with Crippen molar-refractivity contribution in [1.82, 2.24) is 4.90 Å². The number of carbonyl (C=O) groups excluding carboxylic acids is 1. The summed E-state index contributed by atoms with van der Waals surface area (Å²) >= 11 is 0. The topological polar surface area (TPSA) is 90.6 Å². The molecule has 0 saturated carbocycles. The summed E-state index contributed by atoms with van der Waals surface area (Å²) in [6, 6.07) is 0.852. The fourth-order valence-electron chi connectivity index (χ4n) is 1.07. The van der Waals surface area contributed by atoms with E-state index in [1.54, 1.807) is 20.8 Å². The molecule has 0 fully saturated rings. The van der Waals surface area contributed by atoms with E-state index in [0.717, 1.165) is 4.90 Å². The molecule has 17 heavy (non-hydrogen) atoms. The van der Waals surface area contributed by atoms with Crippen molar-refractivity contribution in [1.29, 1.82) is 5.26 Å². The Hall–Kier alpha value is -1.77. The van der Waals surface area contributed by atoms with Gasteiger partial charge in [-0.2, -0.15) is 5.26 Å². The molecule has 1 unspecified atom stereocenters. The molecule has 0 bridgehead atoms. The maximum atomic E-state index is 11.7. The molecule has 1 atom stereocenters. The third-order valence-corrected chi connectivity index (χ3v) is 1.92. The lowest BCUT2D eigenvalue weighted by atomic mass is 10.2. The highest BCUT2D eigenvalue weighted by Crippen LogP contribution is 2.12. The highest BCUT2D eigenvalue weighted by atomic mass is 16.6. The monoisotopic (exact) mass is 242 g/mol. The van der Waals surface area contributed by atoms with Crippen molar-refractivity contribution >= 4 is 12.1 Å². The Balaban J connectivity index is 4.74. The van der Waals surface area contributed by atoms with Crippen molar-refractivity contribution in [3.63, 3.8) is 0 Å². The predicted molar refractivity (Wildman–Crippen MR) is 60.3 cm³/mol. The summed E-state index contributed by atoms with van der Waals surface area (Å²) in [4.78, 5) is 23.6. The molecule has 0 aromatic rings. The molecule has 0 heterocycles. The van der Waals surface area contributed by atoms with Crippen LogP contribution in [0.25, 0.3) is 0 Å². The van der Waals surface area contributed by atoms with Crippen LogP contribution in [-0.4, -0.2) is 40.3 Å². The molecule has 0 aliphatic heterocycles. The first-order valence-electron chi connectivity index (χ1n) is 5.28. The van der Waals surface area contributed by atoms with Gasteiger partial charge in [0.2, 0.25) is 0 Å². The minimum Gasteiger partial charge on any atom is -0.480 e. The zero-order chi connectivity index (χ0) is 13.6. The Kier molecular flexibility index (Phi) is 5.45. The van der Waals surface area contributed by atoms with Gasteiger partial charge in [-0.05, 0) is 27.7 Å². The van der Waals surface area contributed by atoms with Gasteiger partial charge in [0.25, 0.3) is 0 Å². The zero-order valence-electron chi connectivity index (χ0n) is 10.6. The minimum atomic E-state index is -1.13. The number of hydrogen-bond acceptors (Lipinski definition) is 4. The quantitative estimate of drug-likeness (QED) is 0.808. The van der Waals surface area contributed by atoms with Crippen LogP contribution in [0.2, 0.25) is 0 Å². The average molecular weight is 242 g/mol. The van der Waals surface area contributed by atoms with Crippen LogP contribution in [0, 0.1) is 11.3 Å². The standard InChI is InChI=1S/C11H18N2O4/c1-8(9(14)15)13(7-5-6-12)10(16)17-11(2,3)4/h8H,5,7H2,1-4H3,(H,14,15). The average Bonchev–Trinajstić information content (AvgIpc) is 2.15. The van der Waals surface area contributed by atoms with E-state index in [4.69, 9.17) is 15.1 Å². The fourth-order valence-corrected chi connectivity index (χ4v) is 1.07. The van der Waals surface area contributed by atoms with Gasteiger partial charge >= 0.3 is 12.1 Å². The van der Waals surface area contributed by atoms with Crippen LogP contribution in [0.4, 0.5) is 4.79 Å². The van der Waals surface area contributed by atoms with E-state index >= 15 is 0 Å². The molecule has 1 N–H and O–H groups in total. The van der Waals surface area contributed by atoms with Gasteiger partial charge in [0.1, 0.15) is 11.6 Å². The lowest BCUT2D eigenvalue weighted by Gasteiger charge is -2.29. The Bertz CT molecular complexity index is 327. The second kappa shape index (κ2) is 6.09. The van der Waals surface area contributed by atoms with Crippen LogP contribution in [0.5, 0.6) is 0 Å². The lowest BCUT2D eigenvalue weighted by molar-refractivity contribution is -0.142. The van der Waals surface area contributed by atoms with Gasteiger partial charge in [-0.15, -0.1) is 0 Å². The van der Waals surface area contributed by atoms with Gasteiger partial charge in [0.15, 0.2) is 0 Å². The van der Waals surface area contributed by atoms with Crippen molar-refractivity contribution in [3.8, 4) is 6.07 Å². The maximum absolute atomic E-state index is 11.7. The molecule has 0 aromatic carbocycles. The molecule has 0 spiro atoms. The van der Waals surface area contributed by atoms with Crippen molar-refractivity contribution < 1.29 is 19.4 Å². The lowest BCUT2D eigenvalue weighted by Crippen LogP contribution is -2.46. The van der Waals surface area contributed by atoms with Gasteiger partial charge in [-0.3, -0.25) is 4.90 Å². The van der Waals surface area contributed by atoms with Crippen LogP contribution >= 0.6 is 0 Å². The molecule has 6 heteroatoms. The Morgan fingerprint density at radius 1 is 1.47 bits per heavy atom. The number of carboxylic acid groups (broad SMARTS) is 1. The molecule has 0 saturated heterocycles. The van der Waals surface area contributed by atoms with E-state index in [2.05, 4.69) is 0 Å². The van der Waals surface area contributed by atoms with E-state index in [1.165, 1.54) is 6.92 Å². The summed E-state index contributed by atoms with van der Waals surface area (Å²) in [6.45, 7) is 6.50. The zero-order valence-corrected chi connectivity index (χ0v) is 10.6. The Morgan fingerprint density at radius 2 is 2.00 bits per heavy atom. The molecule has 0 radical (unpaired) electrons. The molecule has 0 aromatic heterocycles. The van der Waals surface area contributed by atoms with E-state index in [0.29, 0.717) is 0 Å². The summed E-state index contributed by atoms with van der Waals surface area (Å²) in [6.07, 6.45) is -0.653. The van der Waals surface area contributed by atoms with Crippen LogP contribution in [0.3, 0.4) is 0 Å². The fraction of sp³-hybridized carbons (Fsp3) is 0.727. The third kappa shape index (κ3) is 5.76. The summed E-state index contributed by atoms with van der Waals surface area (Å²) in [5.74, 6) is -1.13. The molecule has 96 valence electrons. The maximum Gasteiger partial charge on any atom is 0.411 e. The van der Waals surface area contributed by atoms with Crippen LogP contribution in [-0.2, 0) is 9.53 Å². The highest BCUT2D eigenvalue weighted by molar-refractivity contribution is 5.79. The minimum absolute atomic E-state index is 0.0406. The SMILES string of the molecule is CC(C(=O)O)N(CCC#N)C(=O)OC(C)(C)C. The van der Waals surface area contributed by atoms with Crippen LogP contribution in [0.15, 0.2) is 0 Å². The van der Waals surface area contributed by atoms with E-state index in [9.17, 15) is 9.59 Å². The first-order valence-corrected chi connectivity index (χ1v) is 5.28. The first kappa shape index (κ1) is 15.2. The molecular weight excluding hydrogens is 224 g/mol. The summed E-state index contributed by atoms with van der Waals surface area (Å²) in [5.41, 5.74) is -0.694. The number of carbonyl (C=O) groups is 2. The molecule has 6 nitrogen and oxygen atoms in total. The van der Waals surface area contributed by atoms with Gasteiger partial charge in [-0.1, -0.05) is 0 Å². The number of nitrogens with zero attached hydrogens (tertiary/aromatic N) is 2. The molecular formula is C11H18N2O4. The van der Waals surface area contributed by atoms with Crippen molar-refractivity contribution in [3.05, 3.63) is 0 Å². The summed E-state index contributed by atoms with van der Waals surface area (Å²) in [7, 11) is 0. The summed E-state index contributed by atoms with van der Waals surface area (Å²) in [5, 5.41) is 17.3. The number of nitriles is 1. The van der Waals surface area contributed by atoms with E-state index < -0.39 is 23.7 Å². The number of amides is 1. The number of carboxylic acids is 1. The predicted octanol–water partition coefficient (Wildman–Crippen LogP) is 1.61. The number of hydrogen-bond donors (Lipinski definition) is 1. The molecule has 0 aliphatic carbocycles. The largest absolute Gasteiger partial charge is 0.480 e. The van der Waals surface area contributed by atoms with Crippen molar-refractivity contribution in [2.75, 3.05) is 6.54 Å². The van der Waals surface area contributed by atoms with Gasteiger partial charge in [0.05, 0.1) is 12.5 Å². The van der Waals surface area contributed by atoms with E-state index in [1.807, 2.05) is 6.07 Å². The van der Waals surface area contributed by atoms with Crippen LogP contribution in [0.1, 0.15) is 34.1 Å². The van der Waals surface area contributed by atoms with Crippen molar-refractivity contribution in [2.45, 2.75) is 45.8 Å². The highest BCUT2D eigenvalue weighted by Gasteiger charge is 2.29. The smallest absolute Gasteiger partial charge is 0.411 e.